The molecule has 2 aromatic heterocycles. The summed E-state index contributed by atoms with van der Waals surface area (Å²) in [5, 5.41) is 9.86. The zero-order valence-corrected chi connectivity index (χ0v) is 10.4. The van der Waals surface area contributed by atoms with Crippen LogP contribution < -0.4 is 5.32 Å². The van der Waals surface area contributed by atoms with Crippen LogP contribution in [-0.2, 0) is 26.6 Å². The molecule has 2 heterocycles. The number of rotatable bonds is 5. The molecular formula is C11H16N4S. The minimum atomic E-state index is 0.821. The predicted molar refractivity (Wildman–Crippen MR) is 65.2 cm³/mol. The molecule has 0 saturated heterocycles. The van der Waals surface area contributed by atoms with Crippen molar-refractivity contribution in [3.8, 4) is 0 Å². The van der Waals surface area contributed by atoms with Gasteiger partial charge in [0, 0.05) is 37.3 Å². The lowest BCUT2D eigenvalue weighted by atomic mass is 10.2. The van der Waals surface area contributed by atoms with Gasteiger partial charge in [-0.3, -0.25) is 4.68 Å². The van der Waals surface area contributed by atoms with Gasteiger partial charge in [-0.25, -0.2) is 4.98 Å². The van der Waals surface area contributed by atoms with Gasteiger partial charge in [0.15, 0.2) is 0 Å². The van der Waals surface area contributed by atoms with Crippen molar-refractivity contribution in [1.29, 1.82) is 0 Å². The molecule has 0 aromatic carbocycles. The third-order valence-corrected chi connectivity index (χ3v) is 3.07. The summed E-state index contributed by atoms with van der Waals surface area (Å²) in [5.41, 5.74) is 5.42. The summed E-state index contributed by atoms with van der Waals surface area (Å²) in [7, 11) is 1.96. The van der Waals surface area contributed by atoms with Gasteiger partial charge in [-0.15, -0.1) is 11.3 Å². The molecule has 2 rings (SSSR count). The fourth-order valence-electron chi connectivity index (χ4n) is 1.68. The van der Waals surface area contributed by atoms with E-state index < -0.39 is 0 Å². The van der Waals surface area contributed by atoms with E-state index in [0.717, 1.165) is 25.2 Å². The molecule has 0 aliphatic carbocycles. The third-order valence-electron chi connectivity index (χ3n) is 2.43. The van der Waals surface area contributed by atoms with E-state index in [1.54, 1.807) is 11.3 Å². The van der Waals surface area contributed by atoms with Crippen molar-refractivity contribution in [1.82, 2.24) is 20.1 Å². The minimum absolute atomic E-state index is 0.821. The second-order valence-electron chi connectivity index (χ2n) is 3.71. The third kappa shape index (κ3) is 2.68. The van der Waals surface area contributed by atoms with E-state index >= 15 is 0 Å². The molecule has 0 aliphatic rings. The van der Waals surface area contributed by atoms with Gasteiger partial charge in [0.25, 0.3) is 0 Å². The van der Waals surface area contributed by atoms with Gasteiger partial charge in [0.2, 0.25) is 0 Å². The summed E-state index contributed by atoms with van der Waals surface area (Å²) in [5.74, 6) is 0. The van der Waals surface area contributed by atoms with Gasteiger partial charge in [0.1, 0.15) is 0 Å². The largest absolute Gasteiger partial charge is 0.307 e. The summed E-state index contributed by atoms with van der Waals surface area (Å²) in [6, 6.07) is 0. The first-order chi connectivity index (χ1) is 7.79. The molecule has 4 nitrogen and oxygen atoms in total. The monoisotopic (exact) mass is 236 g/mol. The quantitative estimate of drug-likeness (QED) is 0.859. The van der Waals surface area contributed by atoms with Crippen molar-refractivity contribution in [2.75, 3.05) is 0 Å². The number of nitrogens with zero attached hydrogens (tertiary/aromatic N) is 3. The first-order valence-electron chi connectivity index (χ1n) is 5.38. The molecule has 0 unspecified atom stereocenters. The Morgan fingerprint density at radius 3 is 3.00 bits per heavy atom. The molecule has 5 heteroatoms. The fraction of sp³-hybridized carbons (Fsp3) is 0.455. The van der Waals surface area contributed by atoms with Crippen LogP contribution in [0, 0.1) is 0 Å². The van der Waals surface area contributed by atoms with Gasteiger partial charge in [-0.1, -0.05) is 6.92 Å². The second-order valence-corrected chi connectivity index (χ2v) is 4.43. The standard InChI is InChI=1S/C11H16N4S/c1-3-11-9(6-15(2)14-11)4-12-5-10-7-16-8-13-10/h6-8,12H,3-5H2,1-2H3. The van der Waals surface area contributed by atoms with Crippen LogP contribution in [0.4, 0.5) is 0 Å². The smallest absolute Gasteiger partial charge is 0.0795 e. The van der Waals surface area contributed by atoms with E-state index in [4.69, 9.17) is 0 Å². The van der Waals surface area contributed by atoms with Crippen LogP contribution in [0.15, 0.2) is 17.1 Å². The van der Waals surface area contributed by atoms with Crippen molar-refractivity contribution >= 4 is 11.3 Å². The van der Waals surface area contributed by atoms with Crippen LogP contribution in [0.5, 0.6) is 0 Å². The minimum Gasteiger partial charge on any atom is -0.307 e. The Hall–Kier alpha value is -1.20. The highest BCUT2D eigenvalue weighted by Gasteiger charge is 2.05. The number of nitrogens with one attached hydrogen (secondary N) is 1. The van der Waals surface area contributed by atoms with Crippen molar-refractivity contribution < 1.29 is 0 Å². The molecule has 86 valence electrons. The maximum absolute atomic E-state index is 4.41. The Labute approximate surface area is 99.3 Å². The molecule has 0 amide bonds. The van der Waals surface area contributed by atoms with Crippen molar-refractivity contribution in [3.63, 3.8) is 0 Å². The van der Waals surface area contributed by atoms with Crippen LogP contribution >= 0.6 is 11.3 Å². The first-order valence-corrected chi connectivity index (χ1v) is 6.33. The summed E-state index contributed by atoms with van der Waals surface area (Å²) in [6.07, 6.45) is 3.06. The lowest BCUT2D eigenvalue weighted by Crippen LogP contribution is -2.13. The molecule has 0 bridgehead atoms. The Morgan fingerprint density at radius 2 is 2.31 bits per heavy atom. The average molecular weight is 236 g/mol. The Kier molecular flexibility index (Phi) is 3.69. The van der Waals surface area contributed by atoms with Gasteiger partial charge in [-0.2, -0.15) is 5.10 Å². The molecule has 1 N–H and O–H groups in total. The number of thiazole rings is 1. The van der Waals surface area contributed by atoms with Crippen molar-refractivity contribution in [2.24, 2.45) is 7.05 Å². The Bertz CT molecular complexity index is 433. The molecule has 16 heavy (non-hydrogen) atoms. The summed E-state index contributed by atoms with van der Waals surface area (Å²) < 4.78 is 1.87. The molecule has 0 atom stereocenters. The van der Waals surface area contributed by atoms with Gasteiger partial charge in [-0.05, 0) is 6.42 Å². The van der Waals surface area contributed by atoms with Crippen LogP contribution in [0.3, 0.4) is 0 Å². The zero-order valence-electron chi connectivity index (χ0n) is 9.60. The van der Waals surface area contributed by atoms with E-state index in [1.165, 1.54) is 11.3 Å². The highest BCUT2D eigenvalue weighted by atomic mass is 32.1. The molecule has 0 saturated carbocycles. The number of aryl methyl sites for hydroxylation is 2. The summed E-state index contributed by atoms with van der Waals surface area (Å²) in [4.78, 5) is 4.23. The van der Waals surface area contributed by atoms with E-state index in [2.05, 4.69) is 33.9 Å². The highest BCUT2D eigenvalue weighted by molar-refractivity contribution is 7.07. The maximum Gasteiger partial charge on any atom is 0.0795 e. The molecule has 0 aliphatic heterocycles. The average Bonchev–Trinajstić information content (AvgIpc) is 2.88. The molecule has 0 spiro atoms. The van der Waals surface area contributed by atoms with Crippen molar-refractivity contribution in [2.45, 2.75) is 26.4 Å². The van der Waals surface area contributed by atoms with Crippen LogP contribution in [0.2, 0.25) is 0 Å². The zero-order chi connectivity index (χ0) is 11.4. The highest BCUT2D eigenvalue weighted by Crippen LogP contribution is 2.07. The SMILES string of the molecule is CCc1nn(C)cc1CNCc1cscn1. The fourth-order valence-corrected chi connectivity index (χ4v) is 2.24. The summed E-state index contributed by atoms with van der Waals surface area (Å²) >= 11 is 1.63. The molecular weight excluding hydrogens is 220 g/mol. The van der Waals surface area contributed by atoms with E-state index in [-0.39, 0.29) is 0 Å². The van der Waals surface area contributed by atoms with Crippen LogP contribution in [0.25, 0.3) is 0 Å². The van der Waals surface area contributed by atoms with Crippen molar-refractivity contribution in [3.05, 3.63) is 34.0 Å². The van der Waals surface area contributed by atoms with E-state index in [9.17, 15) is 0 Å². The second kappa shape index (κ2) is 5.23. The lowest BCUT2D eigenvalue weighted by Gasteiger charge is -2.01. The normalized spacial score (nSPS) is 10.9. The molecule has 0 fully saturated rings. The Balaban J connectivity index is 1.89. The van der Waals surface area contributed by atoms with Gasteiger partial charge >= 0.3 is 0 Å². The van der Waals surface area contributed by atoms with Gasteiger partial charge < -0.3 is 5.32 Å². The lowest BCUT2D eigenvalue weighted by molar-refractivity contribution is 0.678. The van der Waals surface area contributed by atoms with Crippen LogP contribution in [-0.4, -0.2) is 14.8 Å². The first kappa shape index (κ1) is 11.3. The maximum atomic E-state index is 4.41. The van der Waals surface area contributed by atoms with Crippen LogP contribution in [0.1, 0.15) is 23.9 Å². The van der Waals surface area contributed by atoms with E-state index in [0.29, 0.717) is 0 Å². The predicted octanol–water partition coefficient (Wildman–Crippen LogP) is 1.73. The van der Waals surface area contributed by atoms with E-state index in [1.807, 2.05) is 17.2 Å². The number of aromatic nitrogens is 3. The summed E-state index contributed by atoms with van der Waals surface area (Å²) in [6.45, 7) is 3.81. The Morgan fingerprint density at radius 1 is 1.44 bits per heavy atom. The topological polar surface area (TPSA) is 42.7 Å². The number of hydrogen-bond donors (Lipinski definition) is 1. The number of hydrogen-bond acceptors (Lipinski definition) is 4. The van der Waals surface area contributed by atoms with Gasteiger partial charge in [0.05, 0.1) is 16.9 Å². The molecule has 0 radical (unpaired) electrons. The molecule has 2 aromatic rings.